The monoisotopic (exact) mass is 468 g/mol. The summed E-state index contributed by atoms with van der Waals surface area (Å²) in [6.07, 6.45) is 2.48. The Kier molecular flexibility index (Phi) is 7.28. The van der Waals surface area contributed by atoms with Crippen LogP contribution in [0.4, 0.5) is 5.69 Å². The Morgan fingerprint density at radius 3 is 2.64 bits per heavy atom. The SMILES string of the molecule is N#Cc1ccc(N2CCCN(C(=O)c3cccc(S(=O)(=O)NCC4CCCO4)c3)CC2)cc1. The predicted molar refractivity (Wildman–Crippen MR) is 124 cm³/mol. The Balaban J connectivity index is 1.40. The summed E-state index contributed by atoms with van der Waals surface area (Å²) in [5.41, 5.74) is 2.00. The van der Waals surface area contributed by atoms with Crippen molar-refractivity contribution in [3.63, 3.8) is 0 Å². The molecule has 0 aromatic heterocycles. The van der Waals surface area contributed by atoms with Crippen molar-refractivity contribution in [2.45, 2.75) is 30.3 Å². The molecule has 174 valence electrons. The maximum atomic E-state index is 13.2. The maximum Gasteiger partial charge on any atom is 0.253 e. The Morgan fingerprint density at radius 2 is 1.91 bits per heavy atom. The third-order valence-corrected chi connectivity index (χ3v) is 7.48. The Hall–Kier alpha value is -2.93. The van der Waals surface area contributed by atoms with E-state index in [0.29, 0.717) is 37.4 Å². The van der Waals surface area contributed by atoms with Crippen molar-refractivity contribution in [1.82, 2.24) is 9.62 Å². The summed E-state index contributed by atoms with van der Waals surface area (Å²) in [5.74, 6) is -0.173. The number of hydrogen-bond donors (Lipinski definition) is 1. The van der Waals surface area contributed by atoms with Gasteiger partial charge in [0.25, 0.3) is 5.91 Å². The lowest BCUT2D eigenvalue weighted by Gasteiger charge is -2.24. The molecule has 0 spiro atoms. The zero-order chi connectivity index (χ0) is 23.3. The molecule has 1 unspecified atom stereocenters. The van der Waals surface area contributed by atoms with E-state index in [1.165, 1.54) is 12.1 Å². The largest absolute Gasteiger partial charge is 0.377 e. The van der Waals surface area contributed by atoms with E-state index < -0.39 is 10.0 Å². The molecule has 8 nitrogen and oxygen atoms in total. The van der Waals surface area contributed by atoms with Gasteiger partial charge in [0.05, 0.1) is 22.6 Å². The lowest BCUT2D eigenvalue weighted by atomic mass is 10.2. The molecule has 2 aliphatic rings. The van der Waals surface area contributed by atoms with Gasteiger partial charge in [0.15, 0.2) is 0 Å². The van der Waals surface area contributed by atoms with Crippen LogP contribution in [0.25, 0.3) is 0 Å². The molecule has 2 aliphatic heterocycles. The number of ether oxygens (including phenoxy) is 1. The van der Waals surface area contributed by atoms with Gasteiger partial charge in [-0.3, -0.25) is 4.79 Å². The number of nitriles is 1. The van der Waals surface area contributed by atoms with Crippen molar-refractivity contribution in [3.8, 4) is 6.07 Å². The Morgan fingerprint density at radius 1 is 1.09 bits per heavy atom. The highest BCUT2D eigenvalue weighted by molar-refractivity contribution is 7.89. The number of carbonyl (C=O) groups excluding carboxylic acids is 1. The average molecular weight is 469 g/mol. The molecule has 4 rings (SSSR count). The number of amides is 1. The van der Waals surface area contributed by atoms with Gasteiger partial charge >= 0.3 is 0 Å². The standard InChI is InChI=1S/C24H28N4O4S/c25-17-19-7-9-21(10-8-19)27-11-3-12-28(14-13-27)24(29)20-4-1-6-23(16-20)33(30,31)26-18-22-5-2-15-32-22/h1,4,6-10,16,22,26H,2-3,5,11-15,18H2. The molecule has 2 aromatic rings. The van der Waals surface area contributed by atoms with Crippen LogP contribution >= 0.6 is 0 Å². The van der Waals surface area contributed by atoms with Crippen LogP contribution in [0.1, 0.15) is 35.2 Å². The maximum absolute atomic E-state index is 13.2. The van der Waals surface area contributed by atoms with E-state index in [1.807, 2.05) is 12.1 Å². The van der Waals surface area contributed by atoms with Gasteiger partial charge in [-0.1, -0.05) is 6.07 Å². The van der Waals surface area contributed by atoms with Crippen molar-refractivity contribution in [1.29, 1.82) is 5.26 Å². The number of sulfonamides is 1. The van der Waals surface area contributed by atoms with Gasteiger partial charge in [-0.15, -0.1) is 0 Å². The molecule has 1 amide bonds. The fourth-order valence-electron chi connectivity index (χ4n) is 4.20. The van der Waals surface area contributed by atoms with E-state index in [-0.39, 0.29) is 23.5 Å². The van der Waals surface area contributed by atoms with Crippen LogP contribution < -0.4 is 9.62 Å². The molecule has 0 saturated carbocycles. The fraction of sp³-hybridized carbons (Fsp3) is 0.417. The summed E-state index contributed by atoms with van der Waals surface area (Å²) in [6, 6.07) is 15.8. The highest BCUT2D eigenvalue weighted by atomic mass is 32.2. The van der Waals surface area contributed by atoms with Gasteiger partial charge in [-0.25, -0.2) is 13.1 Å². The Labute approximate surface area is 194 Å². The molecule has 2 fully saturated rings. The molecule has 9 heteroatoms. The second-order valence-electron chi connectivity index (χ2n) is 8.31. The van der Waals surface area contributed by atoms with Crippen LogP contribution in [0.3, 0.4) is 0 Å². The van der Waals surface area contributed by atoms with Crippen molar-refractivity contribution in [2.24, 2.45) is 0 Å². The van der Waals surface area contributed by atoms with Gasteiger partial charge < -0.3 is 14.5 Å². The van der Waals surface area contributed by atoms with Gasteiger partial charge in [-0.2, -0.15) is 5.26 Å². The zero-order valence-corrected chi connectivity index (χ0v) is 19.3. The van der Waals surface area contributed by atoms with E-state index in [9.17, 15) is 13.2 Å². The zero-order valence-electron chi connectivity index (χ0n) is 18.4. The van der Waals surface area contributed by atoms with Crippen LogP contribution in [0.5, 0.6) is 0 Å². The van der Waals surface area contributed by atoms with Crippen molar-refractivity contribution >= 4 is 21.6 Å². The summed E-state index contributed by atoms with van der Waals surface area (Å²) in [4.78, 5) is 17.2. The van der Waals surface area contributed by atoms with Crippen molar-refractivity contribution < 1.29 is 17.9 Å². The van der Waals surface area contributed by atoms with Crippen molar-refractivity contribution in [2.75, 3.05) is 44.2 Å². The van der Waals surface area contributed by atoms with Crippen LogP contribution in [0.15, 0.2) is 53.4 Å². The summed E-state index contributed by atoms with van der Waals surface area (Å²) in [7, 11) is -3.72. The van der Waals surface area contributed by atoms with E-state index in [2.05, 4.69) is 15.7 Å². The normalized spacial score (nSPS) is 19.2. The minimum absolute atomic E-state index is 0.0837. The molecule has 2 heterocycles. The summed E-state index contributed by atoms with van der Waals surface area (Å²) < 4.78 is 33.5. The Bertz CT molecular complexity index is 1120. The van der Waals surface area contributed by atoms with Gasteiger partial charge in [0.1, 0.15) is 0 Å². The molecule has 0 bridgehead atoms. The van der Waals surface area contributed by atoms with Gasteiger partial charge in [0, 0.05) is 50.6 Å². The van der Waals surface area contributed by atoms with E-state index >= 15 is 0 Å². The molecule has 2 aromatic carbocycles. The van der Waals surface area contributed by atoms with Crippen LogP contribution in [0.2, 0.25) is 0 Å². The first-order chi connectivity index (χ1) is 16.0. The molecule has 0 aliphatic carbocycles. The van der Waals surface area contributed by atoms with Crippen LogP contribution in [-0.4, -0.2) is 64.7 Å². The number of nitrogens with one attached hydrogen (secondary N) is 1. The minimum Gasteiger partial charge on any atom is -0.377 e. The van der Waals surface area contributed by atoms with E-state index in [4.69, 9.17) is 10.00 Å². The number of benzene rings is 2. The molecule has 0 radical (unpaired) electrons. The van der Waals surface area contributed by atoms with Crippen LogP contribution in [0, 0.1) is 11.3 Å². The van der Waals surface area contributed by atoms with Gasteiger partial charge in [0.2, 0.25) is 10.0 Å². The fourth-order valence-corrected chi connectivity index (χ4v) is 5.31. The highest BCUT2D eigenvalue weighted by Gasteiger charge is 2.24. The van der Waals surface area contributed by atoms with Gasteiger partial charge in [-0.05, 0) is 61.7 Å². The number of anilines is 1. The average Bonchev–Trinajstić information content (AvgIpc) is 3.25. The molecule has 2 saturated heterocycles. The number of nitrogens with zero attached hydrogens (tertiary/aromatic N) is 3. The third-order valence-electron chi connectivity index (χ3n) is 6.06. The molecular formula is C24H28N4O4S. The molecule has 1 N–H and O–H groups in total. The molecular weight excluding hydrogens is 440 g/mol. The first kappa shape index (κ1) is 23.2. The first-order valence-corrected chi connectivity index (χ1v) is 12.7. The number of hydrogen-bond acceptors (Lipinski definition) is 6. The lowest BCUT2D eigenvalue weighted by Crippen LogP contribution is -2.35. The summed E-state index contributed by atoms with van der Waals surface area (Å²) >= 11 is 0. The number of rotatable bonds is 6. The van der Waals surface area contributed by atoms with E-state index in [0.717, 1.165) is 31.5 Å². The third kappa shape index (κ3) is 5.71. The quantitative estimate of drug-likeness (QED) is 0.698. The smallest absolute Gasteiger partial charge is 0.253 e. The predicted octanol–water partition coefficient (Wildman–Crippen LogP) is 2.37. The topological polar surface area (TPSA) is 103 Å². The first-order valence-electron chi connectivity index (χ1n) is 11.2. The van der Waals surface area contributed by atoms with E-state index in [1.54, 1.807) is 29.2 Å². The minimum atomic E-state index is -3.72. The highest BCUT2D eigenvalue weighted by Crippen LogP contribution is 2.20. The second kappa shape index (κ2) is 10.3. The summed E-state index contributed by atoms with van der Waals surface area (Å²) in [6.45, 7) is 3.50. The van der Waals surface area contributed by atoms with Crippen LogP contribution in [-0.2, 0) is 14.8 Å². The van der Waals surface area contributed by atoms with Crippen molar-refractivity contribution in [3.05, 3.63) is 59.7 Å². The lowest BCUT2D eigenvalue weighted by molar-refractivity contribution is 0.0766. The molecule has 1 atom stereocenters. The molecule has 33 heavy (non-hydrogen) atoms. The number of carbonyl (C=O) groups is 1. The summed E-state index contributed by atoms with van der Waals surface area (Å²) in [5, 5.41) is 8.98. The second-order valence-corrected chi connectivity index (χ2v) is 10.1.